The molecule has 0 aliphatic rings. The Morgan fingerprint density at radius 3 is 2.52 bits per heavy atom. The molecule has 0 atom stereocenters. The summed E-state index contributed by atoms with van der Waals surface area (Å²) < 4.78 is 26.4. The lowest BCUT2D eigenvalue weighted by Crippen LogP contribution is -2.25. The van der Waals surface area contributed by atoms with Gasteiger partial charge in [0.2, 0.25) is 5.91 Å². The summed E-state index contributed by atoms with van der Waals surface area (Å²) in [6, 6.07) is 11.3. The molecular formula is C19H15F2N3O2S. The summed E-state index contributed by atoms with van der Waals surface area (Å²) in [5.74, 6) is -1.53. The molecule has 0 aliphatic heterocycles. The van der Waals surface area contributed by atoms with E-state index in [1.54, 1.807) is 23.6 Å². The summed E-state index contributed by atoms with van der Waals surface area (Å²) in [5, 5.41) is 7.22. The van der Waals surface area contributed by atoms with Crippen molar-refractivity contribution in [2.75, 3.05) is 5.32 Å². The third kappa shape index (κ3) is 5.18. The zero-order valence-electron chi connectivity index (χ0n) is 14.0. The minimum absolute atomic E-state index is 0.0113. The molecule has 0 bridgehead atoms. The number of nitrogens with zero attached hydrogens (tertiary/aromatic N) is 1. The predicted octanol–water partition coefficient (Wildman–Crippen LogP) is 3.53. The summed E-state index contributed by atoms with van der Waals surface area (Å²) in [6.07, 6.45) is 0.0113. The number of carbonyl (C=O) groups excluding carboxylic acids is 2. The van der Waals surface area contributed by atoms with Crippen molar-refractivity contribution in [3.63, 3.8) is 0 Å². The second-order valence-electron chi connectivity index (χ2n) is 5.65. The van der Waals surface area contributed by atoms with Crippen molar-refractivity contribution in [1.29, 1.82) is 0 Å². The van der Waals surface area contributed by atoms with E-state index >= 15 is 0 Å². The Kier molecular flexibility index (Phi) is 5.87. The first-order valence-electron chi connectivity index (χ1n) is 8.02. The highest BCUT2D eigenvalue weighted by Gasteiger charge is 2.12. The highest BCUT2D eigenvalue weighted by Crippen LogP contribution is 2.17. The molecule has 0 fully saturated rings. The minimum Gasteiger partial charge on any atom is -0.352 e. The summed E-state index contributed by atoms with van der Waals surface area (Å²) in [7, 11) is 0. The fraction of sp³-hybridized carbons (Fsp3) is 0.105. The van der Waals surface area contributed by atoms with Gasteiger partial charge in [-0.2, -0.15) is 0 Å². The number of carbonyl (C=O) groups is 2. The van der Waals surface area contributed by atoms with Crippen molar-refractivity contribution < 1.29 is 18.4 Å². The molecule has 2 N–H and O–H groups in total. The van der Waals surface area contributed by atoms with E-state index in [-0.39, 0.29) is 24.7 Å². The smallest absolute Gasteiger partial charge is 0.257 e. The first kappa shape index (κ1) is 18.7. The predicted molar refractivity (Wildman–Crippen MR) is 98.4 cm³/mol. The summed E-state index contributed by atoms with van der Waals surface area (Å²) in [4.78, 5) is 28.2. The summed E-state index contributed by atoms with van der Waals surface area (Å²) >= 11 is 1.18. The molecule has 1 heterocycles. The van der Waals surface area contributed by atoms with Crippen molar-refractivity contribution in [2.24, 2.45) is 0 Å². The molecular weight excluding hydrogens is 372 g/mol. The number of anilines is 1. The van der Waals surface area contributed by atoms with Crippen LogP contribution in [0.25, 0.3) is 0 Å². The van der Waals surface area contributed by atoms with Crippen LogP contribution in [0.4, 0.5) is 13.9 Å². The summed E-state index contributed by atoms with van der Waals surface area (Å²) in [5.41, 5.74) is 1.19. The van der Waals surface area contributed by atoms with Crippen molar-refractivity contribution in [1.82, 2.24) is 10.3 Å². The van der Waals surface area contributed by atoms with Crippen LogP contribution in [0.2, 0.25) is 0 Å². The second kappa shape index (κ2) is 8.50. The number of rotatable bonds is 6. The molecule has 0 unspecified atom stereocenters. The molecule has 8 heteroatoms. The van der Waals surface area contributed by atoms with Gasteiger partial charge in [0.25, 0.3) is 5.91 Å². The van der Waals surface area contributed by atoms with E-state index in [4.69, 9.17) is 0 Å². The molecule has 1 aromatic heterocycles. The lowest BCUT2D eigenvalue weighted by atomic mass is 10.2. The molecule has 0 aliphatic carbocycles. The van der Waals surface area contributed by atoms with Crippen LogP contribution in [-0.2, 0) is 17.8 Å². The van der Waals surface area contributed by atoms with Crippen molar-refractivity contribution in [2.45, 2.75) is 13.0 Å². The highest BCUT2D eigenvalue weighted by molar-refractivity contribution is 7.14. The maximum atomic E-state index is 13.5. The Morgan fingerprint density at radius 1 is 1.04 bits per heavy atom. The maximum Gasteiger partial charge on any atom is 0.257 e. The largest absolute Gasteiger partial charge is 0.352 e. The second-order valence-corrected chi connectivity index (χ2v) is 6.51. The van der Waals surface area contributed by atoms with Gasteiger partial charge in [-0.05, 0) is 30.3 Å². The van der Waals surface area contributed by atoms with Gasteiger partial charge in [0, 0.05) is 23.1 Å². The van der Waals surface area contributed by atoms with Crippen molar-refractivity contribution in [3.05, 3.63) is 82.4 Å². The Hall–Kier alpha value is -3.13. The highest BCUT2D eigenvalue weighted by atomic mass is 32.1. The van der Waals surface area contributed by atoms with E-state index in [0.29, 0.717) is 22.0 Å². The van der Waals surface area contributed by atoms with Gasteiger partial charge in [0.1, 0.15) is 11.6 Å². The monoisotopic (exact) mass is 387 g/mol. The Bertz CT molecular complexity index is 958. The van der Waals surface area contributed by atoms with Gasteiger partial charge in [0.15, 0.2) is 5.13 Å². The van der Waals surface area contributed by atoms with Gasteiger partial charge in [-0.15, -0.1) is 11.3 Å². The van der Waals surface area contributed by atoms with Crippen LogP contribution in [-0.4, -0.2) is 16.8 Å². The van der Waals surface area contributed by atoms with Crippen LogP contribution < -0.4 is 10.6 Å². The van der Waals surface area contributed by atoms with E-state index in [1.807, 2.05) is 0 Å². The molecule has 0 saturated carbocycles. The lowest BCUT2D eigenvalue weighted by Gasteiger charge is -2.05. The van der Waals surface area contributed by atoms with Crippen LogP contribution >= 0.6 is 11.3 Å². The number of halogens is 2. The van der Waals surface area contributed by atoms with E-state index in [2.05, 4.69) is 15.6 Å². The van der Waals surface area contributed by atoms with E-state index in [9.17, 15) is 18.4 Å². The van der Waals surface area contributed by atoms with Gasteiger partial charge < -0.3 is 5.32 Å². The first-order valence-corrected chi connectivity index (χ1v) is 8.90. The fourth-order valence-corrected chi connectivity index (χ4v) is 2.98. The fourth-order valence-electron chi connectivity index (χ4n) is 2.28. The molecule has 2 aromatic carbocycles. The van der Waals surface area contributed by atoms with Gasteiger partial charge in [0.05, 0.1) is 12.1 Å². The topological polar surface area (TPSA) is 71.1 Å². The van der Waals surface area contributed by atoms with Gasteiger partial charge >= 0.3 is 0 Å². The molecule has 27 heavy (non-hydrogen) atoms. The van der Waals surface area contributed by atoms with Crippen LogP contribution in [0.3, 0.4) is 0 Å². The third-order valence-electron chi connectivity index (χ3n) is 3.65. The van der Waals surface area contributed by atoms with E-state index in [1.165, 1.54) is 41.7 Å². The van der Waals surface area contributed by atoms with Crippen molar-refractivity contribution in [3.8, 4) is 0 Å². The number of hydrogen-bond acceptors (Lipinski definition) is 4. The third-order valence-corrected chi connectivity index (χ3v) is 4.46. The number of benzene rings is 2. The van der Waals surface area contributed by atoms with Gasteiger partial charge in [-0.3, -0.25) is 14.9 Å². The number of nitrogens with one attached hydrogen (secondary N) is 2. The zero-order chi connectivity index (χ0) is 19.2. The molecule has 0 spiro atoms. The van der Waals surface area contributed by atoms with Gasteiger partial charge in [-0.25, -0.2) is 13.8 Å². The van der Waals surface area contributed by atoms with Crippen LogP contribution in [0.1, 0.15) is 21.6 Å². The molecule has 0 radical (unpaired) electrons. The molecule has 5 nitrogen and oxygen atoms in total. The Balaban J connectivity index is 1.53. The van der Waals surface area contributed by atoms with Gasteiger partial charge in [-0.1, -0.05) is 18.2 Å². The molecule has 138 valence electrons. The standard InChI is InChI=1S/C19H15F2N3O2S/c20-14-7-5-12(6-8-14)18(26)24-19-23-15(11-27-19)9-17(25)22-10-13-3-1-2-4-16(13)21/h1-8,11H,9-10H2,(H,22,25)(H,23,24,26). The first-order chi connectivity index (χ1) is 13.0. The average molecular weight is 387 g/mol. The number of aromatic nitrogens is 1. The Morgan fingerprint density at radius 2 is 1.78 bits per heavy atom. The van der Waals surface area contributed by atoms with Crippen molar-refractivity contribution >= 4 is 28.3 Å². The van der Waals surface area contributed by atoms with Crippen LogP contribution in [0.5, 0.6) is 0 Å². The molecule has 0 saturated heterocycles. The minimum atomic E-state index is -0.426. The van der Waals surface area contributed by atoms with E-state index < -0.39 is 11.7 Å². The lowest BCUT2D eigenvalue weighted by molar-refractivity contribution is -0.120. The zero-order valence-corrected chi connectivity index (χ0v) is 14.9. The number of hydrogen-bond donors (Lipinski definition) is 2. The van der Waals surface area contributed by atoms with E-state index in [0.717, 1.165) is 0 Å². The Labute approximate surface area is 158 Å². The molecule has 3 aromatic rings. The number of amides is 2. The summed E-state index contributed by atoms with van der Waals surface area (Å²) in [6.45, 7) is 0.0871. The van der Waals surface area contributed by atoms with Crippen LogP contribution in [0, 0.1) is 11.6 Å². The molecule has 2 amide bonds. The SMILES string of the molecule is O=C(Cc1csc(NC(=O)c2ccc(F)cc2)n1)NCc1ccccc1F. The number of thiazole rings is 1. The maximum absolute atomic E-state index is 13.5. The molecule has 3 rings (SSSR count). The quantitative estimate of drug-likeness (QED) is 0.680. The normalized spacial score (nSPS) is 10.4. The average Bonchev–Trinajstić information content (AvgIpc) is 3.08. The van der Waals surface area contributed by atoms with Crippen LogP contribution in [0.15, 0.2) is 53.9 Å².